The second-order valence-electron chi connectivity index (χ2n) is 6.56. The summed E-state index contributed by atoms with van der Waals surface area (Å²) in [6.45, 7) is 2.82. The first-order chi connectivity index (χ1) is 12.6. The minimum atomic E-state index is -0.101. The van der Waals surface area contributed by atoms with Gasteiger partial charge in [-0.2, -0.15) is 0 Å². The van der Waals surface area contributed by atoms with Gasteiger partial charge in [0.1, 0.15) is 0 Å². The van der Waals surface area contributed by atoms with E-state index in [4.69, 9.17) is 0 Å². The van der Waals surface area contributed by atoms with Crippen molar-refractivity contribution in [3.05, 3.63) is 59.9 Å². The Morgan fingerprint density at radius 3 is 2.96 bits per heavy atom. The third-order valence-electron chi connectivity index (χ3n) is 4.91. The summed E-state index contributed by atoms with van der Waals surface area (Å²) >= 11 is 0. The first-order valence-corrected chi connectivity index (χ1v) is 8.72. The first kappa shape index (κ1) is 16.3. The second kappa shape index (κ2) is 6.63. The number of imidazole rings is 1. The normalized spacial score (nSPS) is 15.9. The largest absolute Gasteiger partial charge is 0.352 e. The molecule has 2 amide bonds. The van der Waals surface area contributed by atoms with Gasteiger partial charge in [0.05, 0.1) is 17.4 Å². The van der Waals surface area contributed by atoms with Gasteiger partial charge in [-0.3, -0.25) is 9.59 Å². The number of benzene rings is 2. The summed E-state index contributed by atoms with van der Waals surface area (Å²) < 4.78 is 0. The monoisotopic (exact) mass is 348 g/mol. The Bertz CT molecular complexity index is 979. The fourth-order valence-electron chi connectivity index (χ4n) is 3.58. The smallest absolute Gasteiger partial charge is 0.251 e. The Morgan fingerprint density at radius 1 is 1.27 bits per heavy atom. The van der Waals surface area contributed by atoms with Crippen LogP contribution in [0.15, 0.2) is 48.8 Å². The van der Waals surface area contributed by atoms with Crippen molar-refractivity contribution in [3.63, 3.8) is 0 Å². The number of aromatic amines is 1. The summed E-state index contributed by atoms with van der Waals surface area (Å²) in [4.78, 5) is 33.2. The number of fused-ring (bicyclic) bond motifs is 2. The minimum absolute atomic E-state index is 0.0526. The van der Waals surface area contributed by atoms with Gasteiger partial charge < -0.3 is 15.2 Å². The SMILES string of the molecule is CC(=O)N1CC(CCNC(=O)c2ccc3nc[nH]c3c2)c2ccccc21. The number of carbonyl (C=O) groups is 2. The first-order valence-electron chi connectivity index (χ1n) is 8.72. The molecular formula is C20H20N4O2. The maximum absolute atomic E-state index is 12.4. The molecule has 0 fully saturated rings. The highest BCUT2D eigenvalue weighted by Gasteiger charge is 2.30. The number of hydrogen-bond acceptors (Lipinski definition) is 3. The van der Waals surface area contributed by atoms with Crippen LogP contribution in [0, 0.1) is 0 Å². The summed E-state index contributed by atoms with van der Waals surface area (Å²) in [6, 6.07) is 13.4. The van der Waals surface area contributed by atoms with E-state index in [1.807, 2.05) is 29.2 Å². The number of carbonyl (C=O) groups excluding carboxylic acids is 2. The van der Waals surface area contributed by atoms with Crippen LogP contribution in [0.5, 0.6) is 0 Å². The van der Waals surface area contributed by atoms with Crippen molar-refractivity contribution in [3.8, 4) is 0 Å². The van der Waals surface area contributed by atoms with Crippen LogP contribution in [0.1, 0.15) is 35.2 Å². The molecule has 1 aliphatic heterocycles. The van der Waals surface area contributed by atoms with Crippen molar-refractivity contribution in [1.82, 2.24) is 15.3 Å². The number of rotatable bonds is 4. The van der Waals surface area contributed by atoms with E-state index in [9.17, 15) is 9.59 Å². The maximum Gasteiger partial charge on any atom is 0.251 e. The molecule has 132 valence electrons. The van der Waals surface area contributed by atoms with Gasteiger partial charge in [0.25, 0.3) is 5.91 Å². The van der Waals surface area contributed by atoms with E-state index in [1.165, 1.54) is 5.56 Å². The highest BCUT2D eigenvalue weighted by atomic mass is 16.2. The molecular weight excluding hydrogens is 328 g/mol. The quantitative estimate of drug-likeness (QED) is 0.761. The summed E-state index contributed by atoms with van der Waals surface area (Å²) in [6.07, 6.45) is 2.41. The van der Waals surface area contributed by atoms with Crippen LogP contribution in [0.4, 0.5) is 5.69 Å². The van der Waals surface area contributed by atoms with Crippen LogP contribution in [0.3, 0.4) is 0 Å². The van der Waals surface area contributed by atoms with Crippen molar-refractivity contribution >= 4 is 28.5 Å². The number of nitrogens with zero attached hydrogens (tertiary/aromatic N) is 2. The number of anilines is 1. The van der Waals surface area contributed by atoms with Gasteiger partial charge in [-0.1, -0.05) is 18.2 Å². The molecule has 26 heavy (non-hydrogen) atoms. The number of amides is 2. The van der Waals surface area contributed by atoms with Crippen LogP contribution in [-0.4, -0.2) is 34.9 Å². The summed E-state index contributed by atoms with van der Waals surface area (Å²) in [5.41, 5.74) is 4.46. The summed E-state index contributed by atoms with van der Waals surface area (Å²) in [7, 11) is 0. The molecule has 0 saturated heterocycles. The Kier molecular flexibility index (Phi) is 4.16. The number of para-hydroxylation sites is 1. The summed E-state index contributed by atoms with van der Waals surface area (Å²) in [5, 5.41) is 2.98. The lowest BCUT2D eigenvalue weighted by Crippen LogP contribution is -2.29. The van der Waals surface area contributed by atoms with E-state index >= 15 is 0 Å². The fourth-order valence-corrected chi connectivity index (χ4v) is 3.58. The minimum Gasteiger partial charge on any atom is -0.352 e. The zero-order valence-corrected chi connectivity index (χ0v) is 14.5. The predicted molar refractivity (Wildman–Crippen MR) is 100 cm³/mol. The molecule has 0 spiro atoms. The molecule has 3 aromatic rings. The van der Waals surface area contributed by atoms with Crippen molar-refractivity contribution in [2.75, 3.05) is 18.0 Å². The average molecular weight is 348 g/mol. The van der Waals surface area contributed by atoms with Gasteiger partial charge in [-0.25, -0.2) is 4.98 Å². The van der Waals surface area contributed by atoms with Crippen molar-refractivity contribution < 1.29 is 9.59 Å². The molecule has 6 heteroatoms. The van der Waals surface area contributed by atoms with E-state index in [-0.39, 0.29) is 17.7 Å². The third kappa shape index (κ3) is 2.94. The molecule has 6 nitrogen and oxygen atoms in total. The molecule has 0 radical (unpaired) electrons. The molecule has 0 saturated carbocycles. The molecule has 2 aromatic carbocycles. The predicted octanol–water partition coefficient (Wildman–Crippen LogP) is 2.83. The van der Waals surface area contributed by atoms with E-state index in [2.05, 4.69) is 21.4 Å². The fraction of sp³-hybridized carbons (Fsp3) is 0.250. The number of nitrogens with one attached hydrogen (secondary N) is 2. The topological polar surface area (TPSA) is 78.1 Å². The van der Waals surface area contributed by atoms with Crippen molar-refractivity contribution in [1.29, 1.82) is 0 Å². The lowest BCUT2D eigenvalue weighted by molar-refractivity contribution is -0.116. The lowest BCUT2D eigenvalue weighted by atomic mass is 9.98. The Morgan fingerprint density at radius 2 is 2.12 bits per heavy atom. The van der Waals surface area contributed by atoms with E-state index < -0.39 is 0 Å². The second-order valence-corrected chi connectivity index (χ2v) is 6.56. The van der Waals surface area contributed by atoms with E-state index in [0.29, 0.717) is 18.7 Å². The van der Waals surface area contributed by atoms with Crippen LogP contribution in [0.25, 0.3) is 11.0 Å². The van der Waals surface area contributed by atoms with Crippen LogP contribution >= 0.6 is 0 Å². The zero-order valence-electron chi connectivity index (χ0n) is 14.5. The Labute approximate surface area is 151 Å². The maximum atomic E-state index is 12.4. The van der Waals surface area contributed by atoms with Gasteiger partial charge in [0, 0.05) is 37.2 Å². The van der Waals surface area contributed by atoms with Crippen molar-refractivity contribution in [2.45, 2.75) is 19.3 Å². The molecule has 4 rings (SSSR count). The van der Waals surface area contributed by atoms with Crippen molar-refractivity contribution in [2.24, 2.45) is 0 Å². The molecule has 1 aliphatic rings. The number of H-pyrrole nitrogens is 1. The van der Waals surface area contributed by atoms with E-state index in [0.717, 1.165) is 23.1 Å². The van der Waals surface area contributed by atoms with Crippen LogP contribution in [0.2, 0.25) is 0 Å². The zero-order chi connectivity index (χ0) is 18.1. The lowest BCUT2D eigenvalue weighted by Gasteiger charge is -2.15. The molecule has 1 aromatic heterocycles. The molecule has 2 N–H and O–H groups in total. The van der Waals surface area contributed by atoms with Gasteiger partial charge in [0.15, 0.2) is 0 Å². The molecule has 0 bridgehead atoms. The standard InChI is InChI=1S/C20H20N4O2/c1-13(25)24-11-15(16-4-2-3-5-19(16)24)8-9-21-20(26)14-6-7-17-18(10-14)23-12-22-17/h2-7,10,12,15H,8-9,11H2,1H3,(H,21,26)(H,22,23). The van der Waals surface area contributed by atoms with Gasteiger partial charge in [-0.15, -0.1) is 0 Å². The van der Waals surface area contributed by atoms with Gasteiger partial charge >= 0.3 is 0 Å². The number of aromatic nitrogens is 2. The van der Waals surface area contributed by atoms with Gasteiger partial charge in [-0.05, 0) is 36.2 Å². The average Bonchev–Trinajstić information content (AvgIpc) is 3.25. The summed E-state index contributed by atoms with van der Waals surface area (Å²) in [5.74, 6) is 0.193. The Balaban J connectivity index is 1.40. The van der Waals surface area contributed by atoms with Gasteiger partial charge in [0.2, 0.25) is 5.91 Å². The van der Waals surface area contributed by atoms with Crippen LogP contribution in [-0.2, 0) is 4.79 Å². The third-order valence-corrected chi connectivity index (χ3v) is 4.91. The molecule has 2 heterocycles. The highest BCUT2D eigenvalue weighted by Crippen LogP contribution is 2.37. The molecule has 0 aliphatic carbocycles. The van der Waals surface area contributed by atoms with Crippen LogP contribution < -0.4 is 10.2 Å². The highest BCUT2D eigenvalue weighted by molar-refractivity contribution is 5.97. The Hall–Kier alpha value is -3.15. The number of hydrogen-bond donors (Lipinski definition) is 2. The molecule has 1 unspecified atom stereocenters. The molecule has 1 atom stereocenters. The van der Waals surface area contributed by atoms with E-state index in [1.54, 1.807) is 25.4 Å².